The van der Waals surface area contributed by atoms with Gasteiger partial charge in [0, 0.05) is 12.8 Å². The third-order valence-electron chi connectivity index (χ3n) is 8.83. The normalized spacial score (nSPS) is 14.1. The standard InChI is InChI=1S/C44H80NO8P/c1-6-8-10-12-14-16-18-20-22-24-26-28-30-32-34-36-43(46)50-40-42(41-52-54(48,49)51-39-38-45(3,4)5)53-44(47)37-35-33-31-29-27-25-23-21-19-17-15-13-11-9-7-2/h8,10,13-16,20,22,42H,6-7,9,11-12,17-19,21,23-41H2,1-5H3/b10-8+,15-13+,16-14+,22-20+/t42-/m1/s1. The molecule has 0 amide bonds. The number of hydrogen-bond donors (Lipinski definition) is 0. The summed E-state index contributed by atoms with van der Waals surface area (Å²) in [5, 5.41) is 0. The predicted molar refractivity (Wildman–Crippen MR) is 222 cm³/mol. The van der Waals surface area contributed by atoms with Gasteiger partial charge in [-0.25, -0.2) is 0 Å². The van der Waals surface area contributed by atoms with Crippen LogP contribution in [0.3, 0.4) is 0 Å². The molecule has 314 valence electrons. The molecule has 0 saturated carbocycles. The molecule has 0 heterocycles. The van der Waals surface area contributed by atoms with E-state index in [9.17, 15) is 19.0 Å². The summed E-state index contributed by atoms with van der Waals surface area (Å²) in [6, 6.07) is 0. The van der Waals surface area contributed by atoms with E-state index in [2.05, 4.69) is 62.5 Å². The lowest BCUT2D eigenvalue weighted by atomic mass is 10.1. The second kappa shape index (κ2) is 36.6. The van der Waals surface area contributed by atoms with Crippen molar-refractivity contribution in [1.82, 2.24) is 0 Å². The van der Waals surface area contributed by atoms with Gasteiger partial charge in [-0.15, -0.1) is 0 Å². The lowest BCUT2D eigenvalue weighted by Crippen LogP contribution is -2.37. The number of rotatable bonds is 38. The number of allylic oxidation sites excluding steroid dienone is 8. The molecule has 9 nitrogen and oxygen atoms in total. The van der Waals surface area contributed by atoms with Crippen LogP contribution in [0.4, 0.5) is 0 Å². The first kappa shape index (κ1) is 52.0. The molecule has 0 fully saturated rings. The third-order valence-corrected chi connectivity index (χ3v) is 9.80. The van der Waals surface area contributed by atoms with E-state index in [1.807, 2.05) is 21.1 Å². The van der Waals surface area contributed by atoms with Gasteiger partial charge in [-0.3, -0.25) is 14.2 Å². The number of unbranched alkanes of at least 4 members (excludes halogenated alkanes) is 16. The highest BCUT2D eigenvalue weighted by molar-refractivity contribution is 7.45. The van der Waals surface area contributed by atoms with Crippen LogP contribution in [-0.4, -0.2) is 70.0 Å². The number of likely N-dealkylation sites (N-methyl/N-ethyl adjacent to an activating group) is 1. The van der Waals surface area contributed by atoms with Crippen molar-refractivity contribution >= 4 is 19.8 Å². The van der Waals surface area contributed by atoms with Crippen LogP contribution in [0.5, 0.6) is 0 Å². The molecule has 10 heteroatoms. The fourth-order valence-electron chi connectivity index (χ4n) is 5.47. The van der Waals surface area contributed by atoms with E-state index in [4.69, 9.17) is 18.5 Å². The molecular formula is C44H80NO8P. The second-order valence-corrected chi connectivity index (χ2v) is 16.7. The second-order valence-electron chi connectivity index (χ2n) is 15.3. The maximum absolute atomic E-state index is 12.7. The molecule has 0 saturated heterocycles. The minimum absolute atomic E-state index is 0.0355. The van der Waals surface area contributed by atoms with Gasteiger partial charge in [0.1, 0.15) is 19.8 Å². The van der Waals surface area contributed by atoms with Gasteiger partial charge in [0.2, 0.25) is 0 Å². The Labute approximate surface area is 331 Å². The third kappa shape index (κ3) is 39.7. The monoisotopic (exact) mass is 782 g/mol. The zero-order chi connectivity index (χ0) is 40.0. The average molecular weight is 782 g/mol. The van der Waals surface area contributed by atoms with E-state index in [1.165, 1.54) is 57.8 Å². The minimum atomic E-state index is -4.63. The lowest BCUT2D eigenvalue weighted by molar-refractivity contribution is -0.870. The van der Waals surface area contributed by atoms with E-state index in [0.717, 1.165) is 70.6 Å². The number of nitrogens with zero attached hydrogens (tertiary/aromatic N) is 1. The van der Waals surface area contributed by atoms with Crippen LogP contribution >= 0.6 is 7.82 Å². The van der Waals surface area contributed by atoms with Crippen molar-refractivity contribution in [3.8, 4) is 0 Å². The maximum Gasteiger partial charge on any atom is 0.306 e. The number of hydrogen-bond acceptors (Lipinski definition) is 8. The van der Waals surface area contributed by atoms with Crippen LogP contribution in [0.15, 0.2) is 48.6 Å². The number of carbonyl (C=O) groups is 2. The first-order chi connectivity index (χ1) is 26.0. The summed E-state index contributed by atoms with van der Waals surface area (Å²) in [5.74, 6) is -0.859. The molecule has 0 aliphatic rings. The molecule has 0 aliphatic heterocycles. The highest BCUT2D eigenvalue weighted by Crippen LogP contribution is 2.38. The van der Waals surface area contributed by atoms with Gasteiger partial charge in [-0.2, -0.15) is 0 Å². The lowest BCUT2D eigenvalue weighted by Gasteiger charge is -2.28. The van der Waals surface area contributed by atoms with Crippen LogP contribution in [0.25, 0.3) is 0 Å². The van der Waals surface area contributed by atoms with E-state index in [-0.39, 0.29) is 26.1 Å². The van der Waals surface area contributed by atoms with Gasteiger partial charge in [0.25, 0.3) is 7.82 Å². The molecule has 0 N–H and O–H groups in total. The Morgan fingerprint density at radius 2 is 1.06 bits per heavy atom. The molecule has 0 aromatic carbocycles. The fraction of sp³-hybridized carbons (Fsp3) is 0.773. The number of quaternary nitrogens is 1. The molecule has 0 spiro atoms. The Bertz CT molecular complexity index is 1070. The maximum atomic E-state index is 12.7. The molecule has 0 radical (unpaired) electrons. The van der Waals surface area contributed by atoms with E-state index in [0.29, 0.717) is 23.9 Å². The highest BCUT2D eigenvalue weighted by atomic mass is 31.2. The quantitative estimate of drug-likeness (QED) is 0.0200. The van der Waals surface area contributed by atoms with Crippen LogP contribution in [-0.2, 0) is 32.7 Å². The molecule has 1 unspecified atom stereocenters. The van der Waals surface area contributed by atoms with Crippen LogP contribution in [0.1, 0.15) is 168 Å². The summed E-state index contributed by atoms with van der Waals surface area (Å²) in [6.07, 6.45) is 41.3. The van der Waals surface area contributed by atoms with Crippen molar-refractivity contribution < 1.29 is 42.1 Å². The summed E-state index contributed by atoms with van der Waals surface area (Å²) in [5.41, 5.74) is 0. The van der Waals surface area contributed by atoms with Crippen LogP contribution in [0, 0.1) is 0 Å². The topological polar surface area (TPSA) is 111 Å². The van der Waals surface area contributed by atoms with Gasteiger partial charge in [0.05, 0.1) is 27.7 Å². The number of ether oxygens (including phenoxy) is 2. The van der Waals surface area contributed by atoms with Gasteiger partial charge >= 0.3 is 11.9 Å². The largest absolute Gasteiger partial charge is 0.756 e. The number of esters is 2. The van der Waals surface area contributed by atoms with E-state index >= 15 is 0 Å². The molecule has 0 rings (SSSR count). The summed E-state index contributed by atoms with van der Waals surface area (Å²) >= 11 is 0. The van der Waals surface area contributed by atoms with Crippen LogP contribution < -0.4 is 4.89 Å². The van der Waals surface area contributed by atoms with Crippen molar-refractivity contribution in [2.45, 2.75) is 174 Å². The smallest absolute Gasteiger partial charge is 0.306 e. The summed E-state index contributed by atoms with van der Waals surface area (Å²) < 4.78 is 33.8. The summed E-state index contributed by atoms with van der Waals surface area (Å²) in [7, 11) is 1.15. The van der Waals surface area contributed by atoms with Crippen molar-refractivity contribution in [2.24, 2.45) is 0 Å². The summed E-state index contributed by atoms with van der Waals surface area (Å²) in [6.45, 7) is 4.05. The van der Waals surface area contributed by atoms with Crippen molar-refractivity contribution in [1.29, 1.82) is 0 Å². The Hall–Kier alpha value is -2.03. The number of carbonyl (C=O) groups excluding carboxylic acids is 2. The SMILES string of the molecule is CC/C=C/C/C=C/C/C=C/CCCCCCCC(=O)OC[C@H](COP(=O)([O-])OCC[N+](C)(C)C)OC(=O)CCCCCCCCCCC/C=C/CCCC. The highest BCUT2D eigenvalue weighted by Gasteiger charge is 2.21. The average Bonchev–Trinajstić information content (AvgIpc) is 3.12. The molecule has 0 aromatic heterocycles. The van der Waals surface area contributed by atoms with Gasteiger partial charge in [-0.1, -0.05) is 140 Å². The summed E-state index contributed by atoms with van der Waals surface area (Å²) in [4.78, 5) is 37.5. The fourth-order valence-corrected chi connectivity index (χ4v) is 6.20. The molecule has 0 bridgehead atoms. The van der Waals surface area contributed by atoms with E-state index < -0.39 is 32.5 Å². The predicted octanol–water partition coefficient (Wildman–Crippen LogP) is 11.3. The van der Waals surface area contributed by atoms with E-state index in [1.54, 1.807) is 0 Å². The molecule has 54 heavy (non-hydrogen) atoms. The van der Waals surface area contributed by atoms with Gasteiger partial charge in [-0.05, 0) is 64.2 Å². The first-order valence-electron chi connectivity index (χ1n) is 21.3. The Morgan fingerprint density at radius 3 is 1.59 bits per heavy atom. The van der Waals surface area contributed by atoms with Crippen molar-refractivity contribution in [2.75, 3.05) is 47.5 Å². The number of phosphoric acid groups is 1. The molecule has 0 aliphatic carbocycles. The minimum Gasteiger partial charge on any atom is -0.756 e. The first-order valence-corrected chi connectivity index (χ1v) is 22.8. The van der Waals surface area contributed by atoms with Gasteiger partial charge < -0.3 is 27.9 Å². The van der Waals surface area contributed by atoms with Crippen LogP contribution in [0.2, 0.25) is 0 Å². The molecule has 0 aromatic rings. The Kier molecular flexibility index (Phi) is 35.2. The Morgan fingerprint density at radius 1 is 0.593 bits per heavy atom. The zero-order valence-electron chi connectivity index (χ0n) is 35.2. The zero-order valence-corrected chi connectivity index (χ0v) is 36.0. The Balaban J connectivity index is 4.40. The van der Waals surface area contributed by atoms with Crippen molar-refractivity contribution in [3.63, 3.8) is 0 Å². The van der Waals surface area contributed by atoms with Gasteiger partial charge in [0.15, 0.2) is 6.10 Å². The van der Waals surface area contributed by atoms with Crippen molar-refractivity contribution in [3.05, 3.63) is 48.6 Å². The number of phosphoric ester groups is 1. The molecular weight excluding hydrogens is 701 g/mol. The molecule has 2 atom stereocenters.